The molecule has 1 aliphatic heterocycles. The summed E-state index contributed by atoms with van der Waals surface area (Å²) < 4.78 is 18.8. The van der Waals surface area contributed by atoms with Crippen LogP contribution in [0.4, 0.5) is 4.39 Å². The summed E-state index contributed by atoms with van der Waals surface area (Å²) in [7, 11) is 0. The van der Waals surface area contributed by atoms with Crippen molar-refractivity contribution in [3.63, 3.8) is 0 Å². The monoisotopic (exact) mass is 267 g/mol. The largest absolute Gasteiger partial charge is 0.493 e. The van der Waals surface area contributed by atoms with Gasteiger partial charge in [-0.25, -0.2) is 4.39 Å². The van der Waals surface area contributed by atoms with Crippen molar-refractivity contribution in [2.24, 2.45) is 0 Å². The molecule has 1 fully saturated rings. The van der Waals surface area contributed by atoms with E-state index in [1.165, 1.54) is 38.1 Å². The molecule has 106 valence electrons. The topological polar surface area (TPSA) is 32.7 Å². The summed E-state index contributed by atoms with van der Waals surface area (Å²) in [5.41, 5.74) is 0.641. The second kappa shape index (κ2) is 6.87. The minimum atomic E-state index is -0.644. The minimum Gasteiger partial charge on any atom is -0.493 e. The van der Waals surface area contributed by atoms with Crippen LogP contribution in [0.1, 0.15) is 37.9 Å². The predicted molar refractivity (Wildman–Crippen MR) is 72.8 cm³/mol. The fourth-order valence-corrected chi connectivity index (χ4v) is 2.45. The molecule has 1 heterocycles. The van der Waals surface area contributed by atoms with E-state index < -0.39 is 6.10 Å². The first-order valence-electron chi connectivity index (χ1n) is 6.99. The van der Waals surface area contributed by atoms with Crippen molar-refractivity contribution in [2.75, 3.05) is 26.2 Å². The Labute approximate surface area is 114 Å². The first kappa shape index (κ1) is 14.3. The Morgan fingerprint density at radius 2 is 2.11 bits per heavy atom. The third kappa shape index (κ3) is 4.18. The first-order valence-corrected chi connectivity index (χ1v) is 6.99. The number of aliphatic hydroxyl groups is 1. The number of hydrogen-bond donors (Lipinski definition) is 1. The molecule has 2 rings (SSSR count). The summed E-state index contributed by atoms with van der Waals surface area (Å²) in [4.78, 5) is 2.42. The number of ether oxygens (including phenoxy) is 1. The summed E-state index contributed by atoms with van der Waals surface area (Å²) in [5, 5.41) is 9.61. The van der Waals surface area contributed by atoms with Gasteiger partial charge in [0.15, 0.2) is 0 Å². The van der Waals surface area contributed by atoms with Crippen molar-refractivity contribution in [1.29, 1.82) is 0 Å². The Hall–Kier alpha value is -1.13. The van der Waals surface area contributed by atoms with Crippen molar-refractivity contribution < 1.29 is 14.2 Å². The molecule has 0 bridgehead atoms. The molecule has 4 heteroatoms. The van der Waals surface area contributed by atoms with Crippen molar-refractivity contribution >= 4 is 0 Å². The van der Waals surface area contributed by atoms with Crippen LogP contribution in [0.25, 0.3) is 0 Å². The van der Waals surface area contributed by atoms with Crippen molar-refractivity contribution in [1.82, 2.24) is 4.90 Å². The van der Waals surface area contributed by atoms with Crippen LogP contribution in [0.2, 0.25) is 0 Å². The molecule has 0 radical (unpaired) electrons. The third-order valence-corrected chi connectivity index (χ3v) is 3.50. The lowest BCUT2D eigenvalue weighted by Gasteiger charge is -2.16. The number of aliphatic hydroxyl groups excluding tert-OH is 1. The zero-order chi connectivity index (χ0) is 13.7. The van der Waals surface area contributed by atoms with Gasteiger partial charge in [-0.2, -0.15) is 0 Å². The molecular weight excluding hydrogens is 245 g/mol. The predicted octanol–water partition coefficient (Wildman–Crippen LogP) is 2.74. The number of hydrogen-bond acceptors (Lipinski definition) is 3. The number of nitrogens with zero attached hydrogens (tertiary/aromatic N) is 1. The van der Waals surface area contributed by atoms with E-state index in [0.717, 1.165) is 13.0 Å². The van der Waals surface area contributed by atoms with Gasteiger partial charge < -0.3 is 14.7 Å². The first-order chi connectivity index (χ1) is 9.16. The number of rotatable bonds is 6. The summed E-state index contributed by atoms with van der Waals surface area (Å²) >= 11 is 0. The molecule has 1 aromatic carbocycles. The van der Waals surface area contributed by atoms with Crippen molar-refractivity contribution in [2.45, 2.75) is 32.3 Å². The van der Waals surface area contributed by atoms with Gasteiger partial charge in [-0.05, 0) is 51.4 Å². The third-order valence-electron chi connectivity index (χ3n) is 3.50. The normalized spacial score (nSPS) is 17.6. The van der Waals surface area contributed by atoms with Crippen LogP contribution in [-0.2, 0) is 0 Å². The van der Waals surface area contributed by atoms with E-state index in [1.807, 2.05) is 0 Å². The van der Waals surface area contributed by atoms with Gasteiger partial charge in [0.2, 0.25) is 0 Å². The summed E-state index contributed by atoms with van der Waals surface area (Å²) in [6.07, 6.45) is 2.86. The van der Waals surface area contributed by atoms with Gasteiger partial charge in [-0.15, -0.1) is 0 Å². The van der Waals surface area contributed by atoms with E-state index in [9.17, 15) is 9.50 Å². The van der Waals surface area contributed by atoms with Crippen LogP contribution in [0.5, 0.6) is 5.75 Å². The zero-order valence-electron chi connectivity index (χ0n) is 11.4. The molecule has 0 spiro atoms. The maximum Gasteiger partial charge on any atom is 0.127 e. The molecular formula is C15H22FNO2. The second-order valence-corrected chi connectivity index (χ2v) is 5.11. The lowest BCUT2D eigenvalue weighted by molar-refractivity contribution is 0.189. The van der Waals surface area contributed by atoms with Crippen LogP contribution < -0.4 is 4.74 Å². The SMILES string of the molecule is C[C@H](O)c1ccc(F)cc1OCCCN1CCCC1. The van der Waals surface area contributed by atoms with Crippen LogP contribution in [0.15, 0.2) is 18.2 Å². The molecule has 3 nitrogen and oxygen atoms in total. The Morgan fingerprint density at radius 1 is 1.37 bits per heavy atom. The van der Waals surface area contributed by atoms with E-state index >= 15 is 0 Å². The van der Waals surface area contributed by atoms with Gasteiger partial charge in [-0.3, -0.25) is 0 Å². The molecule has 0 saturated carbocycles. The number of likely N-dealkylation sites (tertiary alicyclic amines) is 1. The molecule has 1 aliphatic rings. The molecule has 0 aliphatic carbocycles. The molecule has 0 aromatic heterocycles. The average Bonchev–Trinajstić information content (AvgIpc) is 2.87. The molecule has 0 amide bonds. The van der Waals surface area contributed by atoms with Gasteiger partial charge in [-0.1, -0.05) is 0 Å². The maximum atomic E-state index is 13.2. The fraction of sp³-hybridized carbons (Fsp3) is 0.600. The lowest BCUT2D eigenvalue weighted by atomic mass is 10.1. The smallest absolute Gasteiger partial charge is 0.127 e. The number of halogens is 1. The summed E-state index contributed by atoms with van der Waals surface area (Å²) in [5.74, 6) is 0.121. The van der Waals surface area contributed by atoms with E-state index in [2.05, 4.69) is 4.90 Å². The zero-order valence-corrected chi connectivity index (χ0v) is 11.4. The molecule has 0 unspecified atom stereocenters. The van der Waals surface area contributed by atoms with E-state index in [0.29, 0.717) is 17.9 Å². The Kier molecular flexibility index (Phi) is 5.16. The second-order valence-electron chi connectivity index (χ2n) is 5.11. The van der Waals surface area contributed by atoms with E-state index in [-0.39, 0.29) is 5.82 Å². The number of benzene rings is 1. The molecule has 1 saturated heterocycles. The molecule has 1 N–H and O–H groups in total. The van der Waals surface area contributed by atoms with E-state index in [1.54, 1.807) is 13.0 Å². The maximum absolute atomic E-state index is 13.2. The van der Waals surface area contributed by atoms with Crippen molar-refractivity contribution in [3.8, 4) is 5.75 Å². The van der Waals surface area contributed by atoms with Crippen LogP contribution >= 0.6 is 0 Å². The molecule has 1 aromatic rings. The summed E-state index contributed by atoms with van der Waals surface area (Å²) in [6.45, 7) is 5.60. The highest BCUT2D eigenvalue weighted by Crippen LogP contribution is 2.26. The van der Waals surface area contributed by atoms with Crippen LogP contribution in [-0.4, -0.2) is 36.2 Å². The molecule has 19 heavy (non-hydrogen) atoms. The van der Waals surface area contributed by atoms with Gasteiger partial charge in [0.1, 0.15) is 11.6 Å². The van der Waals surface area contributed by atoms with Gasteiger partial charge in [0, 0.05) is 18.2 Å². The standard InChI is InChI=1S/C15H22FNO2/c1-12(18)14-6-5-13(16)11-15(14)19-10-4-9-17-7-2-3-8-17/h5-6,11-12,18H,2-4,7-10H2,1H3/t12-/m0/s1. The highest BCUT2D eigenvalue weighted by molar-refractivity contribution is 5.35. The van der Waals surface area contributed by atoms with Gasteiger partial charge >= 0.3 is 0 Å². The van der Waals surface area contributed by atoms with Crippen LogP contribution in [0, 0.1) is 5.82 Å². The molecule has 1 atom stereocenters. The Balaban J connectivity index is 1.82. The van der Waals surface area contributed by atoms with Gasteiger partial charge in [0.05, 0.1) is 12.7 Å². The van der Waals surface area contributed by atoms with Crippen molar-refractivity contribution in [3.05, 3.63) is 29.6 Å². The highest BCUT2D eigenvalue weighted by Gasteiger charge is 2.12. The minimum absolute atomic E-state index is 0.334. The average molecular weight is 267 g/mol. The van der Waals surface area contributed by atoms with Crippen LogP contribution in [0.3, 0.4) is 0 Å². The lowest BCUT2D eigenvalue weighted by Crippen LogP contribution is -2.22. The Morgan fingerprint density at radius 3 is 2.79 bits per heavy atom. The quantitative estimate of drug-likeness (QED) is 0.804. The fourth-order valence-electron chi connectivity index (χ4n) is 2.45. The van der Waals surface area contributed by atoms with Gasteiger partial charge in [0.25, 0.3) is 0 Å². The van der Waals surface area contributed by atoms with E-state index in [4.69, 9.17) is 4.74 Å². The Bertz CT molecular complexity index is 403. The highest BCUT2D eigenvalue weighted by atomic mass is 19.1. The summed E-state index contributed by atoms with van der Waals surface area (Å²) in [6, 6.07) is 4.27.